The van der Waals surface area contributed by atoms with Gasteiger partial charge in [-0.2, -0.15) is 0 Å². The lowest BCUT2D eigenvalue weighted by atomic mass is 9.94. The van der Waals surface area contributed by atoms with E-state index in [2.05, 4.69) is 23.7 Å². The molecule has 0 radical (unpaired) electrons. The number of sulfonamides is 1. The zero-order valence-electron chi connectivity index (χ0n) is 27.1. The number of amides is 2. The van der Waals surface area contributed by atoms with Crippen LogP contribution in [0.1, 0.15) is 89.5 Å². The summed E-state index contributed by atoms with van der Waals surface area (Å²) in [5, 5.41) is 3.85. The largest absolute Gasteiger partial charge is 0.364 e. The number of aryl methyl sites for hydroxylation is 1. The number of aromatic nitrogens is 1. The average molecular weight is 626 g/mol. The standard InChI is InChI=1S/C34H48N4O5S/c1-7-9-11-14-22-38(31(39)17-10-8-2,32(24(3)4)33(35)40)23-27-18-20-28(21-19-27)29-15-12-13-16-30(29)44(41,42)37-34-25(5)26(6)36-43-34/h12-13,15-16,18-21,24,32H,7-11,14,17,22-23H2,1-6H3,(H2-,35,36,37,40)/p+1/t32-,38?/m0/s1. The van der Waals surface area contributed by atoms with Gasteiger partial charge in [0.2, 0.25) is 5.88 Å². The van der Waals surface area contributed by atoms with Crippen LogP contribution in [0.15, 0.2) is 57.9 Å². The van der Waals surface area contributed by atoms with Crippen LogP contribution in [-0.2, 0) is 26.2 Å². The third kappa shape index (κ3) is 8.15. The first kappa shape index (κ1) is 35.0. The number of hydrogen-bond donors (Lipinski definition) is 2. The predicted molar refractivity (Wildman–Crippen MR) is 174 cm³/mol. The minimum atomic E-state index is -3.99. The smallest absolute Gasteiger partial charge is 0.314 e. The maximum absolute atomic E-state index is 14.0. The first-order valence-electron chi connectivity index (χ1n) is 15.7. The van der Waals surface area contributed by atoms with Crippen molar-refractivity contribution in [2.45, 2.75) is 104 Å². The number of nitrogens with one attached hydrogen (secondary N) is 1. The fourth-order valence-corrected chi connectivity index (χ4v) is 7.22. The van der Waals surface area contributed by atoms with Gasteiger partial charge in [0.1, 0.15) is 6.54 Å². The number of carbonyl (C=O) groups excluding carboxylic acids is 2. The molecule has 0 aliphatic carbocycles. The van der Waals surface area contributed by atoms with E-state index in [0.29, 0.717) is 41.9 Å². The van der Waals surface area contributed by atoms with Gasteiger partial charge in [-0.05, 0) is 44.7 Å². The summed E-state index contributed by atoms with van der Waals surface area (Å²) in [6.07, 6.45) is 5.96. The Morgan fingerprint density at radius 2 is 1.61 bits per heavy atom. The lowest BCUT2D eigenvalue weighted by Gasteiger charge is -2.43. The van der Waals surface area contributed by atoms with Crippen molar-refractivity contribution in [1.82, 2.24) is 5.16 Å². The van der Waals surface area contributed by atoms with Crippen molar-refractivity contribution < 1.29 is 27.0 Å². The number of hydrogen-bond acceptors (Lipinski definition) is 6. The van der Waals surface area contributed by atoms with Crippen LogP contribution < -0.4 is 10.5 Å². The van der Waals surface area contributed by atoms with Crippen LogP contribution >= 0.6 is 0 Å². The lowest BCUT2D eigenvalue weighted by molar-refractivity contribution is -0.887. The quantitative estimate of drug-likeness (QED) is 0.124. The van der Waals surface area contributed by atoms with E-state index >= 15 is 0 Å². The first-order valence-corrected chi connectivity index (χ1v) is 17.2. The van der Waals surface area contributed by atoms with E-state index in [1.54, 1.807) is 38.1 Å². The van der Waals surface area contributed by atoms with Crippen LogP contribution in [0, 0.1) is 19.8 Å². The van der Waals surface area contributed by atoms with Gasteiger partial charge in [0.05, 0.1) is 23.6 Å². The van der Waals surface area contributed by atoms with Crippen molar-refractivity contribution in [2.24, 2.45) is 11.7 Å². The summed E-state index contributed by atoms with van der Waals surface area (Å²) in [7, 11) is -3.99. The first-order chi connectivity index (χ1) is 20.9. The number of nitrogens with two attached hydrogens (primary N) is 1. The van der Waals surface area contributed by atoms with Crippen LogP contribution in [-0.4, -0.2) is 42.5 Å². The van der Waals surface area contributed by atoms with E-state index < -0.39 is 22.0 Å². The Hall–Kier alpha value is -3.50. The van der Waals surface area contributed by atoms with Crippen molar-refractivity contribution >= 4 is 27.7 Å². The second kappa shape index (κ2) is 15.5. The molecule has 2 aromatic carbocycles. The highest BCUT2D eigenvalue weighted by molar-refractivity contribution is 7.92. The zero-order chi connectivity index (χ0) is 32.5. The Balaban J connectivity index is 2.02. The Morgan fingerprint density at radius 3 is 2.18 bits per heavy atom. The fraction of sp³-hybridized carbons (Fsp3) is 0.500. The number of nitrogens with zero attached hydrogens (tertiary/aromatic N) is 2. The molecule has 0 bridgehead atoms. The van der Waals surface area contributed by atoms with Gasteiger partial charge in [-0.3, -0.25) is 4.79 Å². The van der Waals surface area contributed by atoms with E-state index in [1.807, 2.05) is 38.1 Å². The van der Waals surface area contributed by atoms with E-state index in [0.717, 1.165) is 44.1 Å². The highest BCUT2D eigenvalue weighted by Crippen LogP contribution is 2.32. The maximum Gasteiger partial charge on any atom is 0.314 e. The monoisotopic (exact) mass is 625 g/mol. The number of rotatable bonds is 17. The fourth-order valence-electron chi connectivity index (χ4n) is 5.94. The van der Waals surface area contributed by atoms with Crippen LogP contribution in [0.4, 0.5) is 5.88 Å². The number of anilines is 1. The highest BCUT2D eigenvalue weighted by atomic mass is 32.2. The highest BCUT2D eigenvalue weighted by Gasteiger charge is 2.48. The Morgan fingerprint density at radius 1 is 0.955 bits per heavy atom. The molecule has 1 aromatic heterocycles. The van der Waals surface area contributed by atoms with E-state index in [1.165, 1.54) is 0 Å². The molecule has 0 aliphatic rings. The van der Waals surface area contributed by atoms with E-state index in [4.69, 9.17) is 10.3 Å². The van der Waals surface area contributed by atoms with Crippen molar-refractivity contribution in [3.63, 3.8) is 0 Å². The van der Waals surface area contributed by atoms with Gasteiger partial charge in [-0.1, -0.05) is 94.6 Å². The summed E-state index contributed by atoms with van der Waals surface area (Å²) < 4.78 is 34.6. The second-order valence-corrected chi connectivity index (χ2v) is 13.7. The van der Waals surface area contributed by atoms with Gasteiger partial charge in [0.15, 0.2) is 6.04 Å². The minimum absolute atomic E-state index is 0.000890. The normalized spacial score (nSPS) is 13.9. The maximum atomic E-state index is 14.0. The summed E-state index contributed by atoms with van der Waals surface area (Å²) in [6.45, 7) is 12.5. The van der Waals surface area contributed by atoms with Gasteiger partial charge in [-0.15, -0.1) is 0 Å². The third-order valence-corrected chi connectivity index (χ3v) is 9.79. The number of primary amides is 1. The Labute approximate surface area is 262 Å². The van der Waals surface area contributed by atoms with E-state index in [-0.39, 0.29) is 27.1 Å². The summed E-state index contributed by atoms with van der Waals surface area (Å²) >= 11 is 0. The molecule has 1 unspecified atom stereocenters. The molecule has 2 atom stereocenters. The minimum Gasteiger partial charge on any atom is -0.364 e. The predicted octanol–water partition coefficient (Wildman–Crippen LogP) is 6.88. The summed E-state index contributed by atoms with van der Waals surface area (Å²) in [5.41, 5.74) is 9.35. The van der Waals surface area contributed by atoms with Gasteiger partial charge in [0, 0.05) is 22.6 Å². The summed E-state index contributed by atoms with van der Waals surface area (Å²) in [5.74, 6) is -0.446. The second-order valence-electron chi connectivity index (χ2n) is 12.1. The van der Waals surface area contributed by atoms with Crippen LogP contribution in [0.5, 0.6) is 0 Å². The molecule has 0 aliphatic heterocycles. The topological polar surface area (TPSA) is 132 Å². The van der Waals surface area contributed by atoms with Crippen molar-refractivity contribution in [2.75, 3.05) is 11.3 Å². The molecule has 0 fully saturated rings. The molecular formula is C34H49N4O5S+. The molecule has 3 rings (SSSR count). The molecule has 0 saturated carbocycles. The molecule has 0 saturated heterocycles. The molecule has 240 valence electrons. The van der Waals surface area contributed by atoms with Gasteiger partial charge in [0.25, 0.3) is 15.9 Å². The summed E-state index contributed by atoms with van der Waals surface area (Å²) in [6, 6.07) is 13.7. The number of carbonyl (C=O) groups is 2. The molecule has 44 heavy (non-hydrogen) atoms. The molecule has 3 N–H and O–H groups in total. The van der Waals surface area contributed by atoms with Crippen LogP contribution in [0.3, 0.4) is 0 Å². The molecule has 3 aromatic rings. The molecule has 2 amide bonds. The van der Waals surface area contributed by atoms with Gasteiger partial charge < -0.3 is 10.3 Å². The average Bonchev–Trinajstić information content (AvgIpc) is 3.29. The summed E-state index contributed by atoms with van der Waals surface area (Å²) in [4.78, 5) is 27.1. The molecule has 0 spiro atoms. The Bertz CT molecular complexity index is 1510. The molecular weight excluding hydrogens is 576 g/mol. The lowest BCUT2D eigenvalue weighted by Crippen LogP contribution is -2.65. The van der Waals surface area contributed by atoms with Crippen molar-refractivity contribution in [3.8, 4) is 11.1 Å². The van der Waals surface area contributed by atoms with Crippen LogP contribution in [0.2, 0.25) is 0 Å². The van der Waals surface area contributed by atoms with Crippen LogP contribution in [0.25, 0.3) is 11.1 Å². The molecule has 1 heterocycles. The molecule has 10 heteroatoms. The van der Waals surface area contributed by atoms with Gasteiger partial charge in [-0.25, -0.2) is 22.4 Å². The number of quaternary nitrogens is 1. The van der Waals surface area contributed by atoms with Crippen molar-refractivity contribution in [1.29, 1.82) is 0 Å². The van der Waals surface area contributed by atoms with Crippen molar-refractivity contribution in [3.05, 3.63) is 65.4 Å². The number of benzene rings is 2. The number of unbranched alkanes of at least 4 members (excludes halogenated alkanes) is 4. The Kier molecular flexibility index (Phi) is 12.3. The van der Waals surface area contributed by atoms with Gasteiger partial charge >= 0.3 is 5.91 Å². The molecule has 9 nitrogen and oxygen atoms in total. The van der Waals surface area contributed by atoms with E-state index in [9.17, 15) is 18.0 Å². The SMILES string of the molecule is CCCCCC[N+](Cc1ccc(-c2ccccc2S(=O)(=O)Nc2onc(C)c2C)cc1)(C(=O)CCCC)[C@H](C(N)=O)C(C)C. The third-order valence-electron chi connectivity index (χ3n) is 8.40. The zero-order valence-corrected chi connectivity index (χ0v) is 27.9.